The normalized spacial score (nSPS) is 11.4. The predicted octanol–water partition coefficient (Wildman–Crippen LogP) is 4.10. The minimum Gasteiger partial charge on any atom is -0.481 e. The molecule has 29 heavy (non-hydrogen) atoms. The minimum absolute atomic E-state index is 0.294. The van der Waals surface area contributed by atoms with Crippen LogP contribution in [-0.2, 0) is 16.0 Å². The lowest BCUT2D eigenvalue weighted by Crippen LogP contribution is -2.26. The van der Waals surface area contributed by atoms with E-state index in [1.165, 1.54) is 0 Å². The van der Waals surface area contributed by atoms with E-state index in [0.29, 0.717) is 24.6 Å². The highest BCUT2D eigenvalue weighted by Gasteiger charge is 2.22. The van der Waals surface area contributed by atoms with Gasteiger partial charge in [-0.25, -0.2) is 9.78 Å². The van der Waals surface area contributed by atoms with Crippen molar-refractivity contribution in [3.63, 3.8) is 0 Å². The molecule has 2 aromatic carbocycles. The Bertz CT molecular complexity index is 915. The van der Waals surface area contributed by atoms with Crippen LogP contribution in [0.4, 0.5) is 0 Å². The molecule has 0 fully saturated rings. The highest BCUT2D eigenvalue weighted by Crippen LogP contribution is 2.16. The number of esters is 1. The molecular formula is C24H24N2O3. The van der Waals surface area contributed by atoms with Gasteiger partial charge in [0.2, 0.25) is 5.88 Å². The van der Waals surface area contributed by atoms with Crippen LogP contribution in [0.15, 0.2) is 83.9 Å². The Hall–Kier alpha value is -3.47. The highest BCUT2D eigenvalue weighted by atomic mass is 16.5. The van der Waals surface area contributed by atoms with Gasteiger partial charge in [-0.05, 0) is 13.0 Å². The first-order valence-electron chi connectivity index (χ1n) is 9.56. The number of carbonyl (C=O) groups is 1. The molecule has 0 saturated heterocycles. The van der Waals surface area contributed by atoms with Crippen LogP contribution in [0.1, 0.15) is 23.7 Å². The molecule has 0 aliphatic carbocycles. The van der Waals surface area contributed by atoms with E-state index in [1.807, 2.05) is 72.8 Å². The fraction of sp³-hybridized carbons (Fsp3) is 0.208. The molecule has 148 valence electrons. The summed E-state index contributed by atoms with van der Waals surface area (Å²) in [7, 11) is 1.57. The van der Waals surface area contributed by atoms with E-state index in [1.54, 1.807) is 20.1 Å². The average Bonchev–Trinajstić information content (AvgIpc) is 2.78. The van der Waals surface area contributed by atoms with E-state index in [4.69, 9.17) is 14.5 Å². The summed E-state index contributed by atoms with van der Waals surface area (Å²) < 4.78 is 10.5. The fourth-order valence-electron chi connectivity index (χ4n) is 2.97. The maximum absolute atomic E-state index is 12.7. The van der Waals surface area contributed by atoms with Crippen LogP contribution in [0, 0.1) is 0 Å². The zero-order valence-corrected chi connectivity index (χ0v) is 16.6. The van der Waals surface area contributed by atoms with Crippen molar-refractivity contribution in [3.8, 4) is 5.88 Å². The third-order valence-corrected chi connectivity index (χ3v) is 4.33. The third kappa shape index (κ3) is 5.51. The second kappa shape index (κ2) is 10.2. The van der Waals surface area contributed by atoms with Gasteiger partial charge in [0.1, 0.15) is 0 Å². The van der Waals surface area contributed by atoms with Crippen molar-refractivity contribution in [1.29, 1.82) is 0 Å². The van der Waals surface area contributed by atoms with Crippen LogP contribution in [0.3, 0.4) is 0 Å². The summed E-state index contributed by atoms with van der Waals surface area (Å²) in [5.74, 6) is 0.127. The van der Waals surface area contributed by atoms with Gasteiger partial charge >= 0.3 is 5.97 Å². The topological polar surface area (TPSA) is 60.8 Å². The van der Waals surface area contributed by atoms with E-state index < -0.39 is 6.04 Å². The Labute approximate surface area is 171 Å². The van der Waals surface area contributed by atoms with Crippen molar-refractivity contribution in [2.75, 3.05) is 13.7 Å². The summed E-state index contributed by atoms with van der Waals surface area (Å²) in [6.07, 6.45) is 0.319. The van der Waals surface area contributed by atoms with Gasteiger partial charge in [-0.3, -0.25) is 4.99 Å². The van der Waals surface area contributed by atoms with Gasteiger partial charge in [0.15, 0.2) is 6.04 Å². The Morgan fingerprint density at radius 2 is 1.55 bits per heavy atom. The summed E-state index contributed by atoms with van der Waals surface area (Å²) in [4.78, 5) is 22.0. The number of pyridine rings is 1. The molecule has 5 heteroatoms. The Balaban J connectivity index is 2.03. The second-order valence-electron chi connectivity index (χ2n) is 6.35. The van der Waals surface area contributed by atoms with Crippen LogP contribution >= 0.6 is 0 Å². The van der Waals surface area contributed by atoms with E-state index in [2.05, 4.69) is 4.98 Å². The van der Waals surface area contributed by atoms with Crippen molar-refractivity contribution in [1.82, 2.24) is 4.98 Å². The number of aliphatic imine (C=N–C) groups is 1. The molecule has 0 N–H and O–H groups in total. The van der Waals surface area contributed by atoms with Gasteiger partial charge in [0, 0.05) is 29.3 Å². The van der Waals surface area contributed by atoms with Crippen LogP contribution in [-0.4, -0.2) is 36.4 Å². The van der Waals surface area contributed by atoms with Gasteiger partial charge in [-0.2, -0.15) is 0 Å². The summed E-state index contributed by atoms with van der Waals surface area (Å²) in [5, 5.41) is 0. The first-order chi connectivity index (χ1) is 14.2. The molecule has 0 spiro atoms. The number of methoxy groups -OCH3 is 1. The molecule has 0 aliphatic rings. The number of hydrogen-bond donors (Lipinski definition) is 0. The number of carbonyl (C=O) groups excluding carboxylic acids is 1. The van der Waals surface area contributed by atoms with Gasteiger partial charge < -0.3 is 9.47 Å². The largest absolute Gasteiger partial charge is 0.481 e. The zero-order valence-electron chi connectivity index (χ0n) is 16.6. The first-order valence-corrected chi connectivity index (χ1v) is 9.56. The standard InChI is InChI=1S/C24H24N2O3/c1-3-29-24(27)21(17-20-15-10-16-22(25-20)28-2)26-23(18-11-6-4-7-12-18)19-13-8-5-9-14-19/h4-16,21H,3,17H2,1-2H3. The van der Waals surface area contributed by atoms with Crippen molar-refractivity contribution >= 4 is 11.7 Å². The molecule has 5 nitrogen and oxygen atoms in total. The summed E-state index contributed by atoms with van der Waals surface area (Å²) in [5.41, 5.74) is 3.33. The van der Waals surface area contributed by atoms with E-state index in [0.717, 1.165) is 16.8 Å². The number of hydrogen-bond acceptors (Lipinski definition) is 5. The summed E-state index contributed by atoms with van der Waals surface area (Å²) in [6, 6.07) is 24.4. The molecule has 0 amide bonds. The number of aromatic nitrogens is 1. The Morgan fingerprint density at radius 1 is 0.931 bits per heavy atom. The Kier molecular flexibility index (Phi) is 7.11. The predicted molar refractivity (Wildman–Crippen MR) is 113 cm³/mol. The van der Waals surface area contributed by atoms with Crippen LogP contribution in [0.25, 0.3) is 0 Å². The molecule has 0 radical (unpaired) electrons. The minimum atomic E-state index is -0.718. The number of benzene rings is 2. The quantitative estimate of drug-likeness (QED) is 0.431. The highest BCUT2D eigenvalue weighted by molar-refractivity contribution is 6.13. The average molecular weight is 388 g/mol. The maximum atomic E-state index is 12.7. The summed E-state index contributed by atoms with van der Waals surface area (Å²) >= 11 is 0. The first kappa shape index (κ1) is 20.3. The zero-order chi connectivity index (χ0) is 20.5. The number of nitrogens with zero attached hydrogens (tertiary/aromatic N) is 2. The molecule has 3 rings (SSSR count). The van der Waals surface area contributed by atoms with Crippen LogP contribution in [0.2, 0.25) is 0 Å². The molecular weight excluding hydrogens is 364 g/mol. The molecule has 0 bridgehead atoms. The molecule has 1 aromatic heterocycles. The maximum Gasteiger partial charge on any atom is 0.331 e. The summed E-state index contributed by atoms with van der Waals surface area (Å²) in [6.45, 7) is 2.08. The SMILES string of the molecule is CCOC(=O)C(Cc1cccc(OC)n1)N=C(c1ccccc1)c1ccccc1. The third-order valence-electron chi connectivity index (χ3n) is 4.33. The lowest BCUT2D eigenvalue weighted by Gasteiger charge is -2.15. The molecule has 1 unspecified atom stereocenters. The lowest BCUT2D eigenvalue weighted by molar-refractivity contribution is -0.144. The smallest absolute Gasteiger partial charge is 0.331 e. The van der Waals surface area contributed by atoms with Gasteiger partial charge in [0.05, 0.1) is 19.4 Å². The lowest BCUT2D eigenvalue weighted by atomic mass is 10.0. The number of rotatable bonds is 8. The molecule has 3 aromatic rings. The van der Waals surface area contributed by atoms with Crippen molar-refractivity contribution in [3.05, 3.63) is 95.7 Å². The van der Waals surface area contributed by atoms with Crippen molar-refractivity contribution in [2.45, 2.75) is 19.4 Å². The van der Waals surface area contributed by atoms with Crippen LogP contribution < -0.4 is 4.74 Å². The monoisotopic (exact) mass is 388 g/mol. The van der Waals surface area contributed by atoms with Crippen LogP contribution in [0.5, 0.6) is 5.88 Å². The Morgan fingerprint density at radius 3 is 2.10 bits per heavy atom. The van der Waals surface area contributed by atoms with E-state index in [9.17, 15) is 4.79 Å². The van der Waals surface area contributed by atoms with Gasteiger partial charge in [-0.15, -0.1) is 0 Å². The molecule has 1 atom stereocenters. The number of ether oxygens (including phenoxy) is 2. The van der Waals surface area contributed by atoms with E-state index >= 15 is 0 Å². The van der Waals surface area contributed by atoms with E-state index in [-0.39, 0.29) is 5.97 Å². The second-order valence-corrected chi connectivity index (χ2v) is 6.35. The van der Waals surface area contributed by atoms with Gasteiger partial charge in [-0.1, -0.05) is 66.7 Å². The fourth-order valence-corrected chi connectivity index (χ4v) is 2.97. The molecule has 0 aliphatic heterocycles. The molecule has 0 saturated carbocycles. The van der Waals surface area contributed by atoms with Gasteiger partial charge in [0.25, 0.3) is 0 Å². The van der Waals surface area contributed by atoms with Crippen molar-refractivity contribution in [2.24, 2.45) is 4.99 Å². The molecule has 1 heterocycles. The van der Waals surface area contributed by atoms with Crippen molar-refractivity contribution < 1.29 is 14.3 Å².